The second-order valence-electron chi connectivity index (χ2n) is 8.46. The van der Waals surface area contributed by atoms with Crippen LogP contribution in [0.25, 0.3) is 0 Å². The van der Waals surface area contributed by atoms with Crippen LogP contribution >= 0.6 is 0 Å². The van der Waals surface area contributed by atoms with Crippen molar-refractivity contribution in [2.75, 3.05) is 44.4 Å². The van der Waals surface area contributed by atoms with E-state index in [1.165, 1.54) is 0 Å². The molecule has 0 radical (unpaired) electrons. The van der Waals surface area contributed by atoms with Gasteiger partial charge in [0.05, 0.1) is 24.8 Å². The monoisotopic (exact) mass is 388 g/mol. The minimum Gasteiger partial charge on any atom is -0.381 e. The van der Waals surface area contributed by atoms with Crippen LogP contribution in [0.1, 0.15) is 37.8 Å². The second kappa shape index (κ2) is 9.18. The van der Waals surface area contributed by atoms with Gasteiger partial charge in [0.1, 0.15) is 0 Å². The average molecular weight is 389 g/mol. The first-order chi connectivity index (χ1) is 13.7. The van der Waals surface area contributed by atoms with E-state index in [9.17, 15) is 4.79 Å². The van der Waals surface area contributed by atoms with E-state index >= 15 is 0 Å². The lowest BCUT2D eigenvalue weighted by Gasteiger charge is -2.36. The molecule has 28 heavy (non-hydrogen) atoms. The van der Waals surface area contributed by atoms with Crippen LogP contribution in [0.4, 0.5) is 5.82 Å². The van der Waals surface area contributed by atoms with E-state index in [0.29, 0.717) is 24.2 Å². The molecular formula is C21H32N4O3. The molecule has 154 valence electrons. The van der Waals surface area contributed by atoms with Gasteiger partial charge in [0, 0.05) is 38.8 Å². The number of rotatable bonds is 6. The van der Waals surface area contributed by atoms with Crippen molar-refractivity contribution < 1.29 is 14.3 Å². The molecular weight excluding hydrogens is 356 g/mol. The largest absolute Gasteiger partial charge is 0.381 e. The van der Waals surface area contributed by atoms with Gasteiger partial charge in [-0.15, -0.1) is 5.10 Å². The van der Waals surface area contributed by atoms with E-state index in [0.717, 1.165) is 76.6 Å². The molecule has 4 heterocycles. The third-order valence-electron chi connectivity index (χ3n) is 6.50. The molecule has 0 spiro atoms. The lowest BCUT2D eigenvalue weighted by atomic mass is 9.83. The predicted molar refractivity (Wildman–Crippen MR) is 106 cm³/mol. The van der Waals surface area contributed by atoms with Gasteiger partial charge in [0.15, 0.2) is 5.82 Å². The summed E-state index contributed by atoms with van der Waals surface area (Å²) in [7, 11) is 0. The molecule has 0 aromatic carbocycles. The molecule has 7 heteroatoms. The fourth-order valence-corrected chi connectivity index (χ4v) is 4.77. The first-order valence-corrected chi connectivity index (χ1v) is 10.7. The number of nitrogens with one attached hydrogen (secondary N) is 1. The SMILES string of the molecule is Cc1ccc(N2CC[C@@H]3[C@@H](CO[C@H]3CC(=O)NCCC3CCOCC3)C2)nn1. The summed E-state index contributed by atoms with van der Waals surface area (Å²) in [6.07, 6.45) is 4.87. The van der Waals surface area contributed by atoms with Gasteiger partial charge in [-0.3, -0.25) is 4.79 Å². The summed E-state index contributed by atoms with van der Waals surface area (Å²) in [5, 5.41) is 11.6. The highest BCUT2D eigenvalue weighted by molar-refractivity contribution is 5.76. The highest BCUT2D eigenvalue weighted by Crippen LogP contribution is 2.36. The maximum absolute atomic E-state index is 12.4. The van der Waals surface area contributed by atoms with E-state index in [4.69, 9.17) is 9.47 Å². The molecule has 3 atom stereocenters. The number of aryl methyl sites for hydroxylation is 1. The van der Waals surface area contributed by atoms with Gasteiger partial charge in [-0.1, -0.05) is 0 Å². The van der Waals surface area contributed by atoms with E-state index in [1.807, 2.05) is 19.1 Å². The molecule has 3 fully saturated rings. The molecule has 0 saturated carbocycles. The number of aromatic nitrogens is 2. The van der Waals surface area contributed by atoms with Crippen LogP contribution in [-0.4, -0.2) is 61.7 Å². The van der Waals surface area contributed by atoms with Crippen LogP contribution in [0, 0.1) is 24.7 Å². The molecule has 3 aliphatic rings. The molecule has 1 aromatic heterocycles. The van der Waals surface area contributed by atoms with E-state index in [2.05, 4.69) is 20.4 Å². The van der Waals surface area contributed by atoms with Gasteiger partial charge < -0.3 is 19.7 Å². The van der Waals surface area contributed by atoms with Gasteiger partial charge in [0.2, 0.25) is 5.91 Å². The molecule has 4 rings (SSSR count). The zero-order valence-electron chi connectivity index (χ0n) is 16.8. The van der Waals surface area contributed by atoms with Crippen molar-refractivity contribution in [2.45, 2.75) is 45.1 Å². The fraction of sp³-hybridized carbons (Fsp3) is 0.762. The second-order valence-corrected chi connectivity index (χ2v) is 8.46. The van der Waals surface area contributed by atoms with E-state index in [-0.39, 0.29) is 12.0 Å². The van der Waals surface area contributed by atoms with Gasteiger partial charge >= 0.3 is 0 Å². The summed E-state index contributed by atoms with van der Waals surface area (Å²) in [4.78, 5) is 14.7. The number of piperidine rings is 1. The van der Waals surface area contributed by atoms with Crippen LogP contribution < -0.4 is 10.2 Å². The normalized spacial score (nSPS) is 28.2. The summed E-state index contributed by atoms with van der Waals surface area (Å²) in [6, 6.07) is 4.05. The molecule has 3 aliphatic heterocycles. The zero-order valence-corrected chi connectivity index (χ0v) is 16.8. The topological polar surface area (TPSA) is 76.6 Å². The number of hydrogen-bond donors (Lipinski definition) is 1. The van der Waals surface area contributed by atoms with Gasteiger partial charge in [0.25, 0.3) is 0 Å². The molecule has 1 aromatic rings. The number of hydrogen-bond acceptors (Lipinski definition) is 6. The van der Waals surface area contributed by atoms with E-state index < -0.39 is 0 Å². The van der Waals surface area contributed by atoms with Crippen LogP contribution in [0.5, 0.6) is 0 Å². The summed E-state index contributed by atoms with van der Waals surface area (Å²) >= 11 is 0. The summed E-state index contributed by atoms with van der Waals surface area (Å²) in [5.74, 6) is 2.70. The lowest BCUT2D eigenvalue weighted by molar-refractivity contribution is -0.123. The number of ether oxygens (including phenoxy) is 2. The molecule has 1 N–H and O–H groups in total. The van der Waals surface area contributed by atoms with Crippen molar-refractivity contribution in [3.8, 4) is 0 Å². The van der Waals surface area contributed by atoms with E-state index in [1.54, 1.807) is 0 Å². The third kappa shape index (κ3) is 4.81. The van der Waals surface area contributed by atoms with Crippen LogP contribution in [0.2, 0.25) is 0 Å². The maximum Gasteiger partial charge on any atom is 0.222 e. The Morgan fingerprint density at radius 3 is 2.89 bits per heavy atom. The molecule has 1 amide bonds. The van der Waals surface area contributed by atoms with Crippen LogP contribution in [0.3, 0.4) is 0 Å². The van der Waals surface area contributed by atoms with Crippen molar-refractivity contribution in [2.24, 2.45) is 17.8 Å². The Morgan fingerprint density at radius 2 is 2.11 bits per heavy atom. The quantitative estimate of drug-likeness (QED) is 0.803. The van der Waals surface area contributed by atoms with Gasteiger partial charge in [-0.2, -0.15) is 5.10 Å². The number of anilines is 1. The summed E-state index contributed by atoms with van der Waals surface area (Å²) in [6.45, 7) is 7.07. The van der Waals surface area contributed by atoms with Gasteiger partial charge in [-0.05, 0) is 56.6 Å². The number of carbonyl (C=O) groups is 1. The maximum atomic E-state index is 12.4. The Kier molecular flexibility index (Phi) is 6.42. The summed E-state index contributed by atoms with van der Waals surface area (Å²) < 4.78 is 11.4. The van der Waals surface area contributed by atoms with Crippen molar-refractivity contribution in [3.05, 3.63) is 17.8 Å². The molecule has 0 bridgehead atoms. The zero-order chi connectivity index (χ0) is 19.3. The Bertz CT molecular complexity index is 648. The first-order valence-electron chi connectivity index (χ1n) is 10.7. The molecule has 3 saturated heterocycles. The third-order valence-corrected chi connectivity index (χ3v) is 6.50. The fourth-order valence-electron chi connectivity index (χ4n) is 4.77. The predicted octanol–water partition coefficient (Wildman–Crippen LogP) is 1.95. The minimum atomic E-state index is 0.0549. The standard InChI is InChI=1S/C21H32N4O3/c1-15-2-3-20(24-23-15)25-9-5-18-17(13-25)14-28-19(18)12-21(26)22-8-4-16-6-10-27-11-7-16/h2-3,16-19H,4-14H2,1H3,(H,22,26)/t17-,18-,19+/m1/s1. The summed E-state index contributed by atoms with van der Waals surface area (Å²) in [5.41, 5.74) is 0.936. The lowest BCUT2D eigenvalue weighted by Crippen LogP contribution is -2.42. The Labute approximate surface area is 167 Å². The Balaban J connectivity index is 1.21. The highest BCUT2D eigenvalue weighted by Gasteiger charge is 2.41. The number of amides is 1. The van der Waals surface area contributed by atoms with Crippen molar-refractivity contribution in [3.63, 3.8) is 0 Å². The highest BCUT2D eigenvalue weighted by atomic mass is 16.5. The average Bonchev–Trinajstić information content (AvgIpc) is 3.11. The van der Waals surface area contributed by atoms with Crippen molar-refractivity contribution in [1.82, 2.24) is 15.5 Å². The Hall–Kier alpha value is -1.73. The number of nitrogens with zero attached hydrogens (tertiary/aromatic N) is 3. The van der Waals surface area contributed by atoms with Crippen LogP contribution in [-0.2, 0) is 14.3 Å². The number of fused-ring (bicyclic) bond motifs is 1. The van der Waals surface area contributed by atoms with Gasteiger partial charge in [-0.25, -0.2) is 0 Å². The Morgan fingerprint density at radius 1 is 1.25 bits per heavy atom. The molecule has 0 aliphatic carbocycles. The molecule has 7 nitrogen and oxygen atoms in total. The van der Waals surface area contributed by atoms with Crippen LogP contribution in [0.15, 0.2) is 12.1 Å². The smallest absolute Gasteiger partial charge is 0.222 e. The number of carbonyl (C=O) groups excluding carboxylic acids is 1. The van der Waals surface area contributed by atoms with Crippen molar-refractivity contribution >= 4 is 11.7 Å². The first kappa shape index (κ1) is 19.6. The minimum absolute atomic E-state index is 0.0549. The van der Waals surface area contributed by atoms with Crippen molar-refractivity contribution in [1.29, 1.82) is 0 Å². The molecule has 0 unspecified atom stereocenters.